The number of hydrogen-bond donors (Lipinski definition) is 0. The van der Waals surface area contributed by atoms with E-state index in [-0.39, 0.29) is 11.6 Å². The van der Waals surface area contributed by atoms with Crippen LogP contribution in [0.15, 0.2) is 12.1 Å². The third-order valence-corrected chi connectivity index (χ3v) is 1.99. The molecule has 0 fully saturated rings. The van der Waals surface area contributed by atoms with E-state index >= 15 is 0 Å². The summed E-state index contributed by atoms with van der Waals surface area (Å²) in [4.78, 5) is 0. The maximum Gasteiger partial charge on any atom is 0.419 e. The third-order valence-electron chi connectivity index (χ3n) is 1.99. The summed E-state index contributed by atoms with van der Waals surface area (Å²) >= 11 is 0. The highest BCUT2D eigenvalue weighted by molar-refractivity contribution is 5.31. The van der Waals surface area contributed by atoms with Crippen molar-refractivity contribution >= 4 is 0 Å². The molecule has 0 spiro atoms. The van der Waals surface area contributed by atoms with Gasteiger partial charge in [-0.05, 0) is 23.6 Å². The Kier molecular flexibility index (Phi) is 3.02. The monoisotopic (exact) mass is 224 g/mol. The molecule has 5 heteroatoms. The van der Waals surface area contributed by atoms with Crippen molar-refractivity contribution in [3.63, 3.8) is 0 Å². The predicted molar refractivity (Wildman–Crippen MR) is 45.4 cm³/mol. The lowest BCUT2D eigenvalue weighted by Crippen LogP contribution is -2.11. The highest BCUT2D eigenvalue weighted by Crippen LogP contribution is 2.34. The van der Waals surface area contributed by atoms with Crippen molar-refractivity contribution in [3.8, 4) is 0 Å². The zero-order valence-electron chi connectivity index (χ0n) is 8.12. The Labute approximate surface area is 83.7 Å². The molecule has 0 aliphatic rings. The lowest BCUT2D eigenvalue weighted by atomic mass is 9.99. The van der Waals surface area contributed by atoms with E-state index in [2.05, 4.69) is 0 Å². The highest BCUT2D eigenvalue weighted by atomic mass is 19.4. The van der Waals surface area contributed by atoms with E-state index in [9.17, 15) is 22.0 Å². The second kappa shape index (κ2) is 3.79. The Hall–Kier alpha value is -1.13. The average molecular weight is 224 g/mol. The van der Waals surface area contributed by atoms with Gasteiger partial charge in [-0.3, -0.25) is 0 Å². The minimum atomic E-state index is -4.87. The number of rotatable bonds is 1. The SMILES string of the molecule is CC(C)c1cc(F)cc(C(F)(F)F)c1F. The molecule has 1 aromatic carbocycles. The van der Waals surface area contributed by atoms with Gasteiger partial charge >= 0.3 is 6.18 Å². The third kappa shape index (κ3) is 2.46. The summed E-state index contributed by atoms with van der Waals surface area (Å²) in [6.45, 7) is 3.00. The van der Waals surface area contributed by atoms with Crippen LogP contribution in [-0.4, -0.2) is 0 Å². The first-order valence-electron chi connectivity index (χ1n) is 4.29. The minimum absolute atomic E-state index is 0.168. The normalized spacial score (nSPS) is 12.3. The molecule has 1 aromatic rings. The summed E-state index contributed by atoms with van der Waals surface area (Å²) in [5.41, 5.74) is -1.81. The molecule has 0 atom stereocenters. The Morgan fingerprint density at radius 1 is 1.07 bits per heavy atom. The van der Waals surface area contributed by atoms with Gasteiger partial charge in [0, 0.05) is 0 Å². The van der Waals surface area contributed by atoms with E-state index < -0.39 is 29.3 Å². The molecule has 0 heterocycles. The molecular weight excluding hydrogens is 215 g/mol. The van der Waals surface area contributed by atoms with Crippen molar-refractivity contribution in [3.05, 3.63) is 34.9 Å². The fraction of sp³-hybridized carbons (Fsp3) is 0.400. The molecular formula is C10H9F5. The average Bonchev–Trinajstić information content (AvgIpc) is 2.06. The Morgan fingerprint density at radius 3 is 2.00 bits per heavy atom. The maximum absolute atomic E-state index is 13.3. The second-order valence-electron chi connectivity index (χ2n) is 3.51. The molecule has 0 nitrogen and oxygen atoms in total. The van der Waals surface area contributed by atoms with E-state index in [0.29, 0.717) is 0 Å². The van der Waals surface area contributed by atoms with Gasteiger partial charge in [0.2, 0.25) is 0 Å². The quantitative estimate of drug-likeness (QED) is 0.630. The minimum Gasteiger partial charge on any atom is -0.207 e. The molecule has 0 N–H and O–H groups in total. The molecule has 84 valence electrons. The molecule has 0 unspecified atom stereocenters. The zero-order valence-corrected chi connectivity index (χ0v) is 8.12. The van der Waals surface area contributed by atoms with Gasteiger partial charge in [-0.2, -0.15) is 13.2 Å². The van der Waals surface area contributed by atoms with Gasteiger partial charge in [0.15, 0.2) is 0 Å². The van der Waals surface area contributed by atoms with Gasteiger partial charge in [-0.15, -0.1) is 0 Å². The number of benzene rings is 1. The van der Waals surface area contributed by atoms with E-state index in [1.807, 2.05) is 0 Å². The van der Waals surface area contributed by atoms with E-state index in [4.69, 9.17) is 0 Å². The van der Waals surface area contributed by atoms with Crippen LogP contribution in [0.25, 0.3) is 0 Å². The first-order valence-corrected chi connectivity index (χ1v) is 4.29. The molecule has 0 amide bonds. The zero-order chi connectivity index (χ0) is 11.8. The first-order chi connectivity index (χ1) is 6.73. The molecule has 0 saturated heterocycles. The Balaban J connectivity index is 3.42. The molecule has 0 bridgehead atoms. The van der Waals surface area contributed by atoms with Crippen molar-refractivity contribution in [1.82, 2.24) is 0 Å². The van der Waals surface area contributed by atoms with Gasteiger partial charge in [-0.1, -0.05) is 13.8 Å². The lowest BCUT2D eigenvalue weighted by Gasteiger charge is -2.13. The fourth-order valence-corrected chi connectivity index (χ4v) is 1.24. The summed E-state index contributed by atoms with van der Waals surface area (Å²) in [6, 6.07) is 0.955. The molecule has 0 radical (unpaired) electrons. The summed E-state index contributed by atoms with van der Waals surface area (Å²) in [6.07, 6.45) is -4.87. The van der Waals surface area contributed by atoms with Crippen LogP contribution in [0.4, 0.5) is 22.0 Å². The number of halogens is 5. The smallest absolute Gasteiger partial charge is 0.207 e. The van der Waals surface area contributed by atoms with Crippen LogP contribution in [-0.2, 0) is 6.18 Å². The van der Waals surface area contributed by atoms with Gasteiger partial charge in [0.05, 0.1) is 5.56 Å². The van der Waals surface area contributed by atoms with E-state index in [0.717, 1.165) is 6.07 Å². The van der Waals surface area contributed by atoms with Crippen molar-refractivity contribution in [1.29, 1.82) is 0 Å². The second-order valence-corrected chi connectivity index (χ2v) is 3.51. The Morgan fingerprint density at radius 2 is 1.60 bits per heavy atom. The van der Waals surface area contributed by atoms with Crippen LogP contribution >= 0.6 is 0 Å². The lowest BCUT2D eigenvalue weighted by molar-refractivity contribution is -0.140. The van der Waals surface area contributed by atoms with Gasteiger partial charge in [0.1, 0.15) is 11.6 Å². The summed E-state index contributed by atoms with van der Waals surface area (Å²) in [5.74, 6) is -2.96. The van der Waals surface area contributed by atoms with Crippen molar-refractivity contribution < 1.29 is 22.0 Å². The van der Waals surface area contributed by atoms with Crippen LogP contribution < -0.4 is 0 Å². The number of hydrogen-bond acceptors (Lipinski definition) is 0. The summed E-state index contributed by atoms with van der Waals surface area (Å²) in [7, 11) is 0. The van der Waals surface area contributed by atoms with Crippen molar-refractivity contribution in [2.45, 2.75) is 25.9 Å². The van der Waals surface area contributed by atoms with Crippen LogP contribution in [0, 0.1) is 11.6 Å². The van der Waals surface area contributed by atoms with Gasteiger partial charge in [-0.25, -0.2) is 8.78 Å². The number of alkyl halides is 3. The highest BCUT2D eigenvalue weighted by Gasteiger charge is 2.36. The maximum atomic E-state index is 13.3. The van der Waals surface area contributed by atoms with Crippen LogP contribution in [0.5, 0.6) is 0 Å². The topological polar surface area (TPSA) is 0 Å². The molecule has 0 aromatic heterocycles. The van der Waals surface area contributed by atoms with E-state index in [1.54, 1.807) is 0 Å². The summed E-state index contributed by atoms with van der Waals surface area (Å²) < 4.78 is 62.9. The van der Waals surface area contributed by atoms with Crippen molar-refractivity contribution in [2.24, 2.45) is 0 Å². The van der Waals surface area contributed by atoms with Gasteiger partial charge < -0.3 is 0 Å². The van der Waals surface area contributed by atoms with Gasteiger partial charge in [0.25, 0.3) is 0 Å². The van der Waals surface area contributed by atoms with Crippen LogP contribution in [0.1, 0.15) is 30.9 Å². The molecule has 1 rings (SSSR count). The molecule has 15 heavy (non-hydrogen) atoms. The van der Waals surface area contributed by atoms with Crippen molar-refractivity contribution in [2.75, 3.05) is 0 Å². The molecule has 0 aliphatic heterocycles. The van der Waals surface area contributed by atoms with Crippen LogP contribution in [0.3, 0.4) is 0 Å². The predicted octanol–water partition coefficient (Wildman–Crippen LogP) is 4.11. The standard InChI is InChI=1S/C10H9F5/c1-5(2)7-3-6(11)4-8(9(7)12)10(13,14)15/h3-5H,1-2H3. The largest absolute Gasteiger partial charge is 0.419 e. The molecule has 0 saturated carbocycles. The Bertz CT molecular complexity index is 365. The first kappa shape index (κ1) is 11.9. The van der Waals surface area contributed by atoms with Crippen LogP contribution in [0.2, 0.25) is 0 Å². The summed E-state index contributed by atoms with van der Waals surface area (Å²) in [5, 5.41) is 0. The fourth-order valence-electron chi connectivity index (χ4n) is 1.24. The van der Waals surface area contributed by atoms with E-state index in [1.165, 1.54) is 13.8 Å². The molecule has 0 aliphatic carbocycles.